The number of halogens is 2. The Morgan fingerprint density at radius 2 is 1.80 bits per heavy atom. The lowest BCUT2D eigenvalue weighted by Gasteiger charge is -2.23. The van der Waals surface area contributed by atoms with Gasteiger partial charge in [-0.05, 0) is 66.9 Å². The number of amides is 1. The molecule has 45 heavy (non-hydrogen) atoms. The SMILES string of the molecule is CNC(=O)c1c(-c2ccc(C)cc2F)oc2cc(N(C)S(C)(=O)=O)c(-c3ccc4c(n3)-c3cc5c(F)cccc5n3CC4)cc12. The second-order valence-electron chi connectivity index (χ2n) is 11.3. The van der Waals surface area contributed by atoms with Gasteiger partial charge in [-0.2, -0.15) is 0 Å². The lowest BCUT2D eigenvalue weighted by molar-refractivity contribution is 0.0964. The van der Waals surface area contributed by atoms with Crippen LogP contribution in [0.2, 0.25) is 0 Å². The van der Waals surface area contributed by atoms with Gasteiger partial charge in [0.25, 0.3) is 5.91 Å². The molecule has 1 aliphatic rings. The van der Waals surface area contributed by atoms with Crippen LogP contribution >= 0.6 is 0 Å². The van der Waals surface area contributed by atoms with E-state index in [0.29, 0.717) is 46.3 Å². The van der Waals surface area contributed by atoms with Crippen molar-refractivity contribution < 1.29 is 26.4 Å². The van der Waals surface area contributed by atoms with E-state index in [0.717, 1.165) is 27.3 Å². The van der Waals surface area contributed by atoms with Crippen LogP contribution in [0, 0.1) is 18.6 Å². The summed E-state index contributed by atoms with van der Waals surface area (Å²) in [5, 5.41) is 3.47. The lowest BCUT2D eigenvalue weighted by atomic mass is 9.98. The highest BCUT2D eigenvalue weighted by molar-refractivity contribution is 7.92. The summed E-state index contributed by atoms with van der Waals surface area (Å²) in [4.78, 5) is 18.3. The molecule has 0 spiro atoms. The second kappa shape index (κ2) is 10.3. The van der Waals surface area contributed by atoms with Gasteiger partial charge >= 0.3 is 0 Å². The van der Waals surface area contributed by atoms with Crippen molar-refractivity contribution >= 4 is 43.5 Å². The summed E-state index contributed by atoms with van der Waals surface area (Å²) >= 11 is 0. The summed E-state index contributed by atoms with van der Waals surface area (Å²) in [6, 6.07) is 18.3. The van der Waals surface area contributed by atoms with Crippen LogP contribution in [0.3, 0.4) is 0 Å². The molecule has 0 aliphatic carbocycles. The van der Waals surface area contributed by atoms with Crippen LogP contribution in [0.25, 0.3) is 55.8 Å². The van der Waals surface area contributed by atoms with E-state index < -0.39 is 21.7 Å². The number of pyridine rings is 1. The van der Waals surface area contributed by atoms with Crippen molar-refractivity contribution in [3.63, 3.8) is 0 Å². The molecule has 1 aliphatic heterocycles. The van der Waals surface area contributed by atoms with Crippen molar-refractivity contribution in [3.05, 3.63) is 95.1 Å². The van der Waals surface area contributed by atoms with Gasteiger partial charge in [-0.3, -0.25) is 9.10 Å². The van der Waals surface area contributed by atoms with Crippen molar-refractivity contribution in [2.45, 2.75) is 19.9 Å². The number of sulfonamides is 1. The number of aryl methyl sites for hydroxylation is 3. The number of rotatable bonds is 5. The molecule has 0 bridgehead atoms. The minimum absolute atomic E-state index is 0.0249. The summed E-state index contributed by atoms with van der Waals surface area (Å²) in [5.74, 6) is -1.35. The fraction of sp³-hybridized carbons (Fsp3) is 0.176. The molecule has 8 nitrogen and oxygen atoms in total. The number of benzene rings is 3. The maximum atomic E-state index is 15.2. The molecule has 11 heteroatoms. The number of hydrogen-bond acceptors (Lipinski definition) is 5. The third-order valence-corrected chi connectivity index (χ3v) is 9.65. The Morgan fingerprint density at radius 1 is 1.00 bits per heavy atom. The van der Waals surface area contributed by atoms with Crippen molar-refractivity contribution in [2.75, 3.05) is 24.7 Å². The molecule has 0 unspecified atom stereocenters. The first-order valence-corrected chi connectivity index (χ1v) is 16.1. The van der Waals surface area contributed by atoms with Gasteiger partial charge < -0.3 is 14.3 Å². The largest absolute Gasteiger partial charge is 0.455 e. The Balaban J connectivity index is 1.50. The van der Waals surface area contributed by atoms with Gasteiger partial charge in [-0.1, -0.05) is 18.2 Å². The van der Waals surface area contributed by atoms with Gasteiger partial charge in [-0.25, -0.2) is 22.2 Å². The lowest BCUT2D eigenvalue weighted by Crippen LogP contribution is -2.25. The van der Waals surface area contributed by atoms with E-state index >= 15 is 4.39 Å². The monoisotopic (exact) mass is 626 g/mol. The molecule has 3 aromatic carbocycles. The van der Waals surface area contributed by atoms with E-state index in [-0.39, 0.29) is 34.0 Å². The summed E-state index contributed by atoms with van der Waals surface area (Å²) < 4.78 is 64.8. The Bertz CT molecular complexity index is 2320. The molecule has 3 aromatic heterocycles. The van der Waals surface area contributed by atoms with Crippen molar-refractivity contribution in [3.8, 4) is 34.0 Å². The number of nitrogens with zero attached hydrogens (tertiary/aromatic N) is 3. The van der Waals surface area contributed by atoms with Crippen LogP contribution < -0.4 is 9.62 Å². The fourth-order valence-electron chi connectivity index (χ4n) is 6.10. The molecule has 1 N–H and O–H groups in total. The van der Waals surface area contributed by atoms with Crippen LogP contribution in [0.4, 0.5) is 14.5 Å². The molecule has 7 rings (SSSR count). The predicted octanol–water partition coefficient (Wildman–Crippen LogP) is 6.68. The first kappa shape index (κ1) is 28.7. The highest BCUT2D eigenvalue weighted by Crippen LogP contribution is 2.43. The molecule has 1 amide bonds. The quantitative estimate of drug-likeness (QED) is 0.230. The summed E-state index contributed by atoms with van der Waals surface area (Å²) in [7, 11) is -0.865. The molecular weight excluding hydrogens is 598 g/mol. The number of hydrogen-bond donors (Lipinski definition) is 1. The van der Waals surface area contributed by atoms with E-state index in [1.807, 2.05) is 16.7 Å². The highest BCUT2D eigenvalue weighted by Gasteiger charge is 2.28. The summed E-state index contributed by atoms with van der Waals surface area (Å²) in [6.07, 6.45) is 1.76. The van der Waals surface area contributed by atoms with Crippen molar-refractivity contribution in [1.82, 2.24) is 14.9 Å². The van der Waals surface area contributed by atoms with Gasteiger partial charge in [0, 0.05) is 43.0 Å². The molecule has 0 fully saturated rings. The molecule has 0 atom stereocenters. The summed E-state index contributed by atoms with van der Waals surface area (Å²) in [6.45, 7) is 2.42. The van der Waals surface area contributed by atoms with E-state index in [9.17, 15) is 17.6 Å². The molecular formula is C34H28F2N4O4S. The maximum absolute atomic E-state index is 15.2. The van der Waals surface area contributed by atoms with Gasteiger partial charge in [0.1, 0.15) is 17.2 Å². The van der Waals surface area contributed by atoms with Crippen molar-refractivity contribution in [2.24, 2.45) is 0 Å². The Morgan fingerprint density at radius 3 is 2.53 bits per heavy atom. The highest BCUT2D eigenvalue weighted by atomic mass is 32.2. The zero-order valence-corrected chi connectivity index (χ0v) is 25.7. The maximum Gasteiger partial charge on any atom is 0.255 e. The van der Waals surface area contributed by atoms with Gasteiger partial charge in [0.15, 0.2) is 5.76 Å². The molecule has 6 aromatic rings. The molecule has 4 heterocycles. The van der Waals surface area contributed by atoms with Crippen LogP contribution in [-0.4, -0.2) is 44.2 Å². The summed E-state index contributed by atoms with van der Waals surface area (Å²) in [5.41, 5.74) is 5.37. The zero-order chi connectivity index (χ0) is 31.8. The van der Waals surface area contributed by atoms with E-state index in [2.05, 4.69) is 5.32 Å². The standard InChI is InChI=1S/C34H28F2N4O4S/c1-18-8-10-20(25(36)14-18)33-31(34(41)37-2)23-15-22(28(17-30(23)44-33)39(3)45(4,42)43)26-11-9-19-12-13-40-27-7-5-6-24(35)21(27)16-29(40)32(19)38-26/h5-11,14-17H,12-13H2,1-4H3,(H,37,41). The smallest absolute Gasteiger partial charge is 0.255 e. The van der Waals surface area contributed by atoms with Gasteiger partial charge in [0.05, 0.1) is 45.7 Å². The number of furan rings is 1. The second-order valence-corrected chi connectivity index (χ2v) is 13.3. The van der Waals surface area contributed by atoms with E-state index in [1.165, 1.54) is 32.3 Å². The number of fused-ring (bicyclic) bond motifs is 6. The zero-order valence-electron chi connectivity index (χ0n) is 24.9. The topological polar surface area (TPSA) is 97.4 Å². The minimum atomic E-state index is -3.75. The molecule has 0 radical (unpaired) electrons. The normalized spacial score (nSPS) is 12.8. The average molecular weight is 627 g/mol. The molecule has 0 saturated carbocycles. The Hall–Kier alpha value is -5.03. The number of anilines is 1. The minimum Gasteiger partial charge on any atom is -0.455 e. The first-order chi connectivity index (χ1) is 21.5. The number of carbonyl (C=O) groups excluding carboxylic acids is 1. The third-order valence-electron chi connectivity index (χ3n) is 8.46. The molecule has 228 valence electrons. The van der Waals surface area contributed by atoms with Gasteiger partial charge in [0.2, 0.25) is 10.0 Å². The van der Waals surface area contributed by atoms with Crippen LogP contribution in [0.5, 0.6) is 0 Å². The predicted molar refractivity (Wildman–Crippen MR) is 171 cm³/mol. The van der Waals surface area contributed by atoms with Gasteiger partial charge in [-0.15, -0.1) is 0 Å². The van der Waals surface area contributed by atoms with Crippen LogP contribution in [-0.2, 0) is 23.0 Å². The van der Waals surface area contributed by atoms with E-state index in [1.54, 1.807) is 43.3 Å². The first-order valence-electron chi connectivity index (χ1n) is 14.3. The Kier molecular flexibility index (Phi) is 6.55. The number of nitrogens with one attached hydrogen (secondary N) is 1. The number of aromatic nitrogens is 2. The molecule has 0 saturated heterocycles. The average Bonchev–Trinajstić information content (AvgIpc) is 3.58. The fourth-order valence-corrected chi connectivity index (χ4v) is 6.61. The Labute approximate surface area is 258 Å². The van der Waals surface area contributed by atoms with E-state index in [4.69, 9.17) is 9.40 Å². The van der Waals surface area contributed by atoms with Crippen LogP contribution in [0.1, 0.15) is 21.5 Å². The number of carbonyl (C=O) groups is 1. The third kappa shape index (κ3) is 4.57. The van der Waals surface area contributed by atoms with Crippen LogP contribution in [0.15, 0.2) is 71.1 Å². The van der Waals surface area contributed by atoms with Crippen molar-refractivity contribution in [1.29, 1.82) is 0 Å².